The average Bonchev–Trinajstić information content (AvgIpc) is 3.17. The highest BCUT2D eigenvalue weighted by Gasteiger charge is 2.33. The van der Waals surface area contributed by atoms with Crippen molar-refractivity contribution in [3.05, 3.63) is 90.6 Å². The van der Waals surface area contributed by atoms with Gasteiger partial charge in [-0.3, -0.25) is 9.36 Å². The van der Waals surface area contributed by atoms with Crippen LogP contribution in [0.5, 0.6) is 11.5 Å². The molecular weight excluding hydrogens is 464 g/mol. The van der Waals surface area contributed by atoms with Gasteiger partial charge in [0, 0.05) is 0 Å². The second-order valence-corrected chi connectivity index (χ2v) is 9.01. The molecule has 8 heteroatoms. The molecule has 0 aliphatic carbocycles. The Balaban J connectivity index is 1.85. The average molecular weight is 493 g/mol. The maximum Gasteiger partial charge on any atom is 0.338 e. The van der Waals surface area contributed by atoms with Crippen LogP contribution in [0.15, 0.2) is 69.6 Å². The number of ether oxygens (including phenoxy) is 3. The molecule has 0 bridgehead atoms. The summed E-state index contributed by atoms with van der Waals surface area (Å²) in [6.07, 6.45) is 2.77. The molecule has 4 rings (SSSR count). The van der Waals surface area contributed by atoms with Crippen LogP contribution < -0.4 is 24.4 Å². The van der Waals surface area contributed by atoms with E-state index in [0.29, 0.717) is 33.0 Å². The Labute approximate surface area is 207 Å². The van der Waals surface area contributed by atoms with E-state index in [4.69, 9.17) is 14.2 Å². The normalized spacial score (nSPS) is 15.4. The Morgan fingerprint density at radius 3 is 2.60 bits per heavy atom. The maximum absolute atomic E-state index is 13.6. The largest absolute Gasteiger partial charge is 0.497 e. The highest BCUT2D eigenvalue weighted by Crippen LogP contribution is 2.32. The molecule has 182 valence electrons. The molecule has 2 aromatic carbocycles. The van der Waals surface area contributed by atoms with Crippen LogP contribution in [0.1, 0.15) is 44.4 Å². The number of carbonyl (C=O) groups excluding carboxylic acids is 1. The number of thiazole rings is 1. The molecule has 1 aromatic heterocycles. The second-order valence-electron chi connectivity index (χ2n) is 8.00. The smallest absolute Gasteiger partial charge is 0.338 e. The number of hydrogen-bond donors (Lipinski definition) is 0. The molecule has 1 aliphatic rings. The third kappa shape index (κ3) is 5.07. The molecule has 3 aromatic rings. The summed E-state index contributed by atoms with van der Waals surface area (Å²) < 4.78 is 18.5. The summed E-state index contributed by atoms with van der Waals surface area (Å²) in [4.78, 5) is 31.8. The maximum atomic E-state index is 13.6. The van der Waals surface area contributed by atoms with Crippen molar-refractivity contribution in [1.82, 2.24) is 4.57 Å². The van der Waals surface area contributed by atoms with E-state index in [1.54, 1.807) is 25.5 Å². The summed E-state index contributed by atoms with van der Waals surface area (Å²) in [7, 11) is 1.58. The van der Waals surface area contributed by atoms with Crippen molar-refractivity contribution in [3.8, 4) is 11.5 Å². The number of hydrogen-bond acceptors (Lipinski definition) is 7. The predicted octanol–water partition coefficient (Wildman–Crippen LogP) is 3.60. The van der Waals surface area contributed by atoms with Crippen molar-refractivity contribution in [3.63, 3.8) is 0 Å². The van der Waals surface area contributed by atoms with Crippen LogP contribution in [0, 0.1) is 0 Å². The lowest BCUT2D eigenvalue weighted by Crippen LogP contribution is -2.39. The van der Waals surface area contributed by atoms with Gasteiger partial charge in [0.2, 0.25) is 0 Å². The number of benzene rings is 2. The van der Waals surface area contributed by atoms with Crippen molar-refractivity contribution in [1.29, 1.82) is 0 Å². The first-order chi connectivity index (χ1) is 17.0. The van der Waals surface area contributed by atoms with E-state index in [9.17, 15) is 9.59 Å². The van der Waals surface area contributed by atoms with E-state index < -0.39 is 12.0 Å². The van der Waals surface area contributed by atoms with Gasteiger partial charge in [0.25, 0.3) is 5.56 Å². The SMILES string of the molecule is CCCOc1ccc(/C=c2\sc3n(c2=O)[C@H](c2cccc(OC)c2)C(C(=O)OCC)=C(C)N=3)cc1. The third-order valence-electron chi connectivity index (χ3n) is 5.58. The van der Waals surface area contributed by atoms with Gasteiger partial charge in [-0.15, -0.1) is 0 Å². The summed E-state index contributed by atoms with van der Waals surface area (Å²) in [5.41, 5.74) is 2.27. The van der Waals surface area contributed by atoms with Crippen LogP contribution in [0.4, 0.5) is 0 Å². The number of esters is 1. The summed E-state index contributed by atoms with van der Waals surface area (Å²) >= 11 is 1.29. The van der Waals surface area contributed by atoms with Crippen molar-refractivity contribution in [2.24, 2.45) is 4.99 Å². The van der Waals surface area contributed by atoms with E-state index in [-0.39, 0.29) is 12.2 Å². The minimum Gasteiger partial charge on any atom is -0.497 e. The van der Waals surface area contributed by atoms with Crippen LogP contribution in [-0.4, -0.2) is 30.9 Å². The minimum absolute atomic E-state index is 0.220. The second kappa shape index (κ2) is 10.7. The van der Waals surface area contributed by atoms with Gasteiger partial charge in [-0.2, -0.15) is 0 Å². The zero-order valence-corrected chi connectivity index (χ0v) is 21.1. The van der Waals surface area contributed by atoms with Gasteiger partial charge in [0.1, 0.15) is 11.5 Å². The van der Waals surface area contributed by atoms with E-state index in [1.165, 1.54) is 11.3 Å². The first kappa shape index (κ1) is 24.5. The molecule has 0 radical (unpaired) electrons. The third-order valence-corrected chi connectivity index (χ3v) is 6.56. The van der Waals surface area contributed by atoms with Gasteiger partial charge >= 0.3 is 5.97 Å². The van der Waals surface area contributed by atoms with E-state index in [2.05, 4.69) is 11.9 Å². The first-order valence-corrected chi connectivity index (χ1v) is 12.3. The lowest BCUT2D eigenvalue weighted by atomic mass is 9.95. The van der Waals surface area contributed by atoms with Gasteiger partial charge in [0.15, 0.2) is 4.80 Å². The summed E-state index contributed by atoms with van der Waals surface area (Å²) in [6.45, 7) is 6.46. The number of carbonyl (C=O) groups is 1. The highest BCUT2D eigenvalue weighted by atomic mass is 32.1. The molecule has 7 nitrogen and oxygen atoms in total. The minimum atomic E-state index is -0.674. The summed E-state index contributed by atoms with van der Waals surface area (Å²) in [5, 5.41) is 0. The first-order valence-electron chi connectivity index (χ1n) is 11.5. The predicted molar refractivity (Wildman–Crippen MR) is 136 cm³/mol. The van der Waals surface area contributed by atoms with Gasteiger partial charge in [-0.05, 0) is 61.7 Å². The fourth-order valence-corrected chi connectivity index (χ4v) is 5.00. The molecule has 0 amide bonds. The summed E-state index contributed by atoms with van der Waals surface area (Å²) in [6, 6.07) is 14.3. The molecule has 0 N–H and O–H groups in total. The molecule has 1 atom stereocenters. The van der Waals surface area contributed by atoms with Crippen molar-refractivity contribution in [2.75, 3.05) is 20.3 Å². The standard InChI is InChI=1S/C27H28N2O5S/c1-5-14-34-20-12-10-18(11-13-20)15-22-25(30)29-24(19-8-7-9-21(16-19)32-4)23(26(31)33-6-2)17(3)28-27(29)35-22/h7-13,15-16,24H,5-6,14H2,1-4H3/b22-15-/t24-/m1/s1. The lowest BCUT2D eigenvalue weighted by molar-refractivity contribution is -0.139. The number of rotatable bonds is 8. The van der Waals surface area contributed by atoms with Gasteiger partial charge in [-0.25, -0.2) is 9.79 Å². The number of nitrogens with zero attached hydrogens (tertiary/aromatic N) is 2. The molecule has 0 saturated heterocycles. The molecule has 2 heterocycles. The molecule has 0 saturated carbocycles. The molecule has 0 unspecified atom stereocenters. The zero-order chi connectivity index (χ0) is 24.9. The van der Waals surface area contributed by atoms with Crippen LogP contribution >= 0.6 is 11.3 Å². The number of allylic oxidation sites excluding steroid dienone is 1. The van der Waals surface area contributed by atoms with Gasteiger partial charge < -0.3 is 14.2 Å². The monoisotopic (exact) mass is 492 g/mol. The van der Waals surface area contributed by atoms with Crippen LogP contribution in [0.25, 0.3) is 6.08 Å². The van der Waals surface area contributed by atoms with Crippen molar-refractivity contribution >= 4 is 23.4 Å². The Bertz CT molecular complexity index is 1430. The molecule has 1 aliphatic heterocycles. The Morgan fingerprint density at radius 1 is 1.14 bits per heavy atom. The van der Waals surface area contributed by atoms with Gasteiger partial charge in [-0.1, -0.05) is 42.5 Å². The molecule has 0 spiro atoms. The van der Waals surface area contributed by atoms with Crippen LogP contribution in [-0.2, 0) is 9.53 Å². The van der Waals surface area contributed by atoms with Crippen LogP contribution in [0.2, 0.25) is 0 Å². The lowest BCUT2D eigenvalue weighted by Gasteiger charge is -2.25. The highest BCUT2D eigenvalue weighted by molar-refractivity contribution is 7.07. The quantitative estimate of drug-likeness (QED) is 0.449. The fourth-order valence-electron chi connectivity index (χ4n) is 3.95. The summed E-state index contributed by atoms with van der Waals surface area (Å²) in [5.74, 6) is 0.935. The van der Waals surface area contributed by atoms with Crippen molar-refractivity contribution < 1.29 is 19.0 Å². The van der Waals surface area contributed by atoms with Gasteiger partial charge in [0.05, 0.1) is 42.2 Å². The Kier molecular flexibility index (Phi) is 7.51. The van der Waals surface area contributed by atoms with Crippen molar-refractivity contribution in [2.45, 2.75) is 33.2 Å². The van der Waals surface area contributed by atoms with E-state index in [0.717, 1.165) is 23.3 Å². The fraction of sp³-hybridized carbons (Fsp3) is 0.296. The number of methoxy groups -OCH3 is 1. The topological polar surface area (TPSA) is 79.1 Å². The van der Waals surface area contributed by atoms with Crippen LogP contribution in [0.3, 0.4) is 0 Å². The zero-order valence-electron chi connectivity index (χ0n) is 20.2. The Morgan fingerprint density at radius 2 is 1.91 bits per heavy atom. The van der Waals surface area contributed by atoms with E-state index in [1.807, 2.05) is 54.6 Å². The molecule has 0 fully saturated rings. The number of aromatic nitrogens is 1. The number of fused-ring (bicyclic) bond motifs is 1. The molecule has 35 heavy (non-hydrogen) atoms. The molecular formula is C27H28N2O5S. The van der Waals surface area contributed by atoms with E-state index >= 15 is 0 Å². The Hall–Kier alpha value is -3.65.